The standard InChI is InChI=1S/C17H21BrN2O3/c1-12(21)8-20-10-14-6-15(18)17(16(7-14)22-2)23-11-13-4-3-5-19-9-13/h3-7,9,12,20-21H,8,10-11H2,1-2H3/t12-/m1/s1. The molecular formula is C17H21BrN2O3. The first kappa shape index (κ1) is 17.7. The Bertz CT molecular complexity index is 621. The number of nitrogens with one attached hydrogen (secondary N) is 1. The number of aliphatic hydroxyl groups is 1. The van der Waals surface area contributed by atoms with Gasteiger partial charge in [0.1, 0.15) is 6.61 Å². The average Bonchev–Trinajstić information content (AvgIpc) is 2.54. The second-order valence-corrected chi connectivity index (χ2v) is 6.09. The van der Waals surface area contributed by atoms with Gasteiger partial charge in [0.15, 0.2) is 11.5 Å². The first-order chi connectivity index (χ1) is 11.1. The van der Waals surface area contributed by atoms with Crippen LogP contribution in [0.15, 0.2) is 41.1 Å². The molecule has 1 atom stereocenters. The number of nitrogens with zero attached hydrogens (tertiary/aromatic N) is 1. The number of hydrogen-bond acceptors (Lipinski definition) is 5. The third-order valence-electron chi connectivity index (χ3n) is 3.16. The summed E-state index contributed by atoms with van der Waals surface area (Å²) in [7, 11) is 1.62. The minimum atomic E-state index is -0.373. The van der Waals surface area contributed by atoms with Crippen LogP contribution in [-0.2, 0) is 13.2 Å². The van der Waals surface area contributed by atoms with Crippen molar-refractivity contribution in [2.45, 2.75) is 26.2 Å². The minimum Gasteiger partial charge on any atom is -0.493 e. The molecule has 1 aromatic heterocycles. The molecule has 0 aliphatic rings. The van der Waals surface area contributed by atoms with Gasteiger partial charge in [0.05, 0.1) is 17.7 Å². The van der Waals surface area contributed by atoms with Crippen molar-refractivity contribution < 1.29 is 14.6 Å². The smallest absolute Gasteiger partial charge is 0.175 e. The lowest BCUT2D eigenvalue weighted by Crippen LogP contribution is -2.23. The van der Waals surface area contributed by atoms with Crippen LogP contribution in [0.25, 0.3) is 0 Å². The Morgan fingerprint density at radius 2 is 2.17 bits per heavy atom. The summed E-state index contributed by atoms with van der Waals surface area (Å²) in [6.45, 7) is 3.35. The van der Waals surface area contributed by atoms with Gasteiger partial charge in [0, 0.05) is 31.0 Å². The topological polar surface area (TPSA) is 63.6 Å². The van der Waals surface area contributed by atoms with E-state index in [1.54, 1.807) is 26.4 Å². The van der Waals surface area contributed by atoms with Crippen LogP contribution < -0.4 is 14.8 Å². The lowest BCUT2D eigenvalue weighted by atomic mass is 10.2. The maximum absolute atomic E-state index is 9.29. The van der Waals surface area contributed by atoms with Crippen molar-refractivity contribution in [1.82, 2.24) is 10.3 Å². The predicted octanol–water partition coefficient (Wildman–Crippen LogP) is 2.90. The molecule has 0 bridgehead atoms. The number of aliphatic hydroxyl groups excluding tert-OH is 1. The minimum absolute atomic E-state index is 0.373. The third-order valence-corrected chi connectivity index (χ3v) is 3.75. The van der Waals surface area contributed by atoms with Crippen molar-refractivity contribution in [1.29, 1.82) is 0 Å². The van der Waals surface area contributed by atoms with Crippen molar-refractivity contribution >= 4 is 15.9 Å². The summed E-state index contributed by atoms with van der Waals surface area (Å²) in [6.07, 6.45) is 3.13. The highest BCUT2D eigenvalue weighted by Crippen LogP contribution is 2.37. The fraction of sp³-hybridized carbons (Fsp3) is 0.353. The van der Waals surface area contributed by atoms with Gasteiger partial charge in [-0.1, -0.05) is 6.07 Å². The van der Waals surface area contributed by atoms with E-state index >= 15 is 0 Å². The SMILES string of the molecule is COc1cc(CNC[C@@H](C)O)cc(Br)c1OCc1cccnc1. The van der Waals surface area contributed by atoms with Crippen LogP contribution >= 0.6 is 15.9 Å². The maximum atomic E-state index is 9.29. The van der Waals surface area contributed by atoms with Gasteiger partial charge < -0.3 is 19.9 Å². The molecule has 5 nitrogen and oxygen atoms in total. The number of rotatable bonds is 8. The summed E-state index contributed by atoms with van der Waals surface area (Å²) in [6, 6.07) is 7.75. The zero-order valence-electron chi connectivity index (χ0n) is 13.3. The van der Waals surface area contributed by atoms with Gasteiger partial charge in [-0.15, -0.1) is 0 Å². The van der Waals surface area contributed by atoms with Gasteiger partial charge in [-0.05, 0) is 46.6 Å². The molecule has 0 fully saturated rings. The molecule has 2 aromatic rings. The normalized spacial score (nSPS) is 12.0. The molecule has 0 aliphatic heterocycles. The second-order valence-electron chi connectivity index (χ2n) is 5.24. The van der Waals surface area contributed by atoms with Gasteiger partial charge >= 0.3 is 0 Å². The van der Waals surface area contributed by atoms with Crippen LogP contribution in [0.3, 0.4) is 0 Å². The van der Waals surface area contributed by atoms with Crippen LogP contribution in [0.1, 0.15) is 18.1 Å². The summed E-state index contributed by atoms with van der Waals surface area (Å²) in [4.78, 5) is 4.07. The van der Waals surface area contributed by atoms with E-state index in [0.717, 1.165) is 15.6 Å². The fourth-order valence-corrected chi connectivity index (χ4v) is 2.68. The predicted molar refractivity (Wildman–Crippen MR) is 92.7 cm³/mol. The first-order valence-corrected chi connectivity index (χ1v) is 8.16. The number of ether oxygens (including phenoxy) is 2. The van der Waals surface area contributed by atoms with Gasteiger partial charge in [0.2, 0.25) is 0 Å². The third kappa shape index (κ3) is 5.49. The molecule has 2 N–H and O–H groups in total. The molecule has 0 saturated heterocycles. The zero-order chi connectivity index (χ0) is 16.7. The first-order valence-electron chi connectivity index (χ1n) is 7.37. The van der Waals surface area contributed by atoms with E-state index in [9.17, 15) is 5.11 Å². The Kier molecular flexibility index (Phi) is 6.83. The van der Waals surface area contributed by atoms with Crippen molar-refractivity contribution in [3.63, 3.8) is 0 Å². The number of pyridine rings is 1. The molecule has 6 heteroatoms. The van der Waals surface area contributed by atoms with Gasteiger partial charge in [-0.2, -0.15) is 0 Å². The Hall–Kier alpha value is -1.63. The van der Waals surface area contributed by atoms with Crippen LogP contribution in [0, 0.1) is 0 Å². The fourth-order valence-electron chi connectivity index (χ4n) is 2.08. The molecular weight excluding hydrogens is 360 g/mol. The van der Waals surface area contributed by atoms with Gasteiger partial charge in [-0.3, -0.25) is 4.98 Å². The Morgan fingerprint density at radius 1 is 1.35 bits per heavy atom. The van der Waals surface area contributed by atoms with E-state index in [0.29, 0.717) is 31.2 Å². The van der Waals surface area contributed by atoms with Crippen LogP contribution in [-0.4, -0.2) is 29.8 Å². The second kappa shape index (κ2) is 8.86. The highest BCUT2D eigenvalue weighted by molar-refractivity contribution is 9.10. The lowest BCUT2D eigenvalue weighted by molar-refractivity contribution is 0.191. The van der Waals surface area contributed by atoms with Gasteiger partial charge in [-0.25, -0.2) is 0 Å². The molecule has 0 unspecified atom stereocenters. The molecule has 1 aromatic carbocycles. The van der Waals surface area contributed by atoms with E-state index in [1.807, 2.05) is 24.3 Å². The molecule has 0 spiro atoms. The average molecular weight is 381 g/mol. The summed E-state index contributed by atoms with van der Waals surface area (Å²) in [5, 5.41) is 12.5. The molecule has 0 radical (unpaired) electrons. The number of methoxy groups -OCH3 is 1. The van der Waals surface area contributed by atoms with E-state index in [1.165, 1.54) is 0 Å². The number of aromatic nitrogens is 1. The molecule has 124 valence electrons. The quantitative estimate of drug-likeness (QED) is 0.736. The van der Waals surface area contributed by atoms with Crippen molar-refractivity contribution in [2.75, 3.05) is 13.7 Å². The van der Waals surface area contributed by atoms with E-state index < -0.39 is 0 Å². The largest absolute Gasteiger partial charge is 0.493 e. The highest BCUT2D eigenvalue weighted by Gasteiger charge is 2.12. The zero-order valence-corrected chi connectivity index (χ0v) is 14.8. The van der Waals surface area contributed by atoms with E-state index in [-0.39, 0.29) is 6.10 Å². The summed E-state index contributed by atoms with van der Waals surface area (Å²) in [5.74, 6) is 1.33. The monoisotopic (exact) mass is 380 g/mol. The maximum Gasteiger partial charge on any atom is 0.175 e. The number of hydrogen-bond donors (Lipinski definition) is 2. The molecule has 0 aliphatic carbocycles. The lowest BCUT2D eigenvalue weighted by Gasteiger charge is -2.15. The summed E-state index contributed by atoms with van der Waals surface area (Å²) < 4.78 is 12.1. The molecule has 2 rings (SSSR count). The molecule has 23 heavy (non-hydrogen) atoms. The van der Waals surface area contributed by atoms with Crippen molar-refractivity contribution in [2.24, 2.45) is 0 Å². The van der Waals surface area contributed by atoms with Crippen molar-refractivity contribution in [3.05, 3.63) is 52.3 Å². The molecule has 1 heterocycles. The summed E-state index contributed by atoms with van der Waals surface area (Å²) >= 11 is 3.54. The Labute approximate surface area is 144 Å². The Balaban J connectivity index is 2.07. The van der Waals surface area contributed by atoms with Crippen LogP contribution in [0.2, 0.25) is 0 Å². The number of benzene rings is 1. The number of halogens is 1. The highest BCUT2D eigenvalue weighted by atomic mass is 79.9. The van der Waals surface area contributed by atoms with Gasteiger partial charge in [0.25, 0.3) is 0 Å². The van der Waals surface area contributed by atoms with Crippen LogP contribution in [0.4, 0.5) is 0 Å². The van der Waals surface area contributed by atoms with Crippen molar-refractivity contribution in [3.8, 4) is 11.5 Å². The molecule has 0 saturated carbocycles. The molecule has 0 amide bonds. The van der Waals surface area contributed by atoms with E-state index in [2.05, 4.69) is 26.2 Å². The summed E-state index contributed by atoms with van der Waals surface area (Å²) in [5.41, 5.74) is 2.03. The van der Waals surface area contributed by atoms with E-state index in [4.69, 9.17) is 9.47 Å². The Morgan fingerprint density at radius 3 is 2.83 bits per heavy atom. The van der Waals surface area contributed by atoms with Crippen LogP contribution in [0.5, 0.6) is 11.5 Å².